The molecule has 2 heteroatoms. The Labute approximate surface area is 89.5 Å². The SMILES string of the molecule is CC1CCC(O)(c2ccccc2)CS1. The summed E-state index contributed by atoms with van der Waals surface area (Å²) in [4.78, 5) is 0. The molecule has 0 saturated carbocycles. The number of benzene rings is 1. The molecule has 1 aromatic rings. The van der Waals surface area contributed by atoms with Crippen molar-refractivity contribution in [3.8, 4) is 0 Å². The van der Waals surface area contributed by atoms with E-state index in [1.807, 2.05) is 42.1 Å². The predicted molar refractivity (Wildman–Crippen MR) is 61.5 cm³/mol. The third-order valence-electron chi connectivity index (χ3n) is 2.88. The molecule has 1 aliphatic rings. The van der Waals surface area contributed by atoms with Crippen LogP contribution in [-0.2, 0) is 5.60 Å². The van der Waals surface area contributed by atoms with E-state index < -0.39 is 5.60 Å². The fourth-order valence-corrected chi connectivity index (χ4v) is 3.01. The second-order valence-corrected chi connectivity index (χ2v) is 5.48. The van der Waals surface area contributed by atoms with Crippen molar-refractivity contribution in [1.82, 2.24) is 0 Å². The Morgan fingerprint density at radius 1 is 1.36 bits per heavy atom. The lowest BCUT2D eigenvalue weighted by molar-refractivity contribution is 0.0471. The summed E-state index contributed by atoms with van der Waals surface area (Å²) in [5.41, 5.74) is 0.484. The Morgan fingerprint density at radius 3 is 2.64 bits per heavy atom. The molecule has 2 rings (SSSR count). The number of rotatable bonds is 1. The maximum absolute atomic E-state index is 10.4. The van der Waals surface area contributed by atoms with E-state index in [0.29, 0.717) is 5.25 Å². The molecule has 1 heterocycles. The summed E-state index contributed by atoms with van der Waals surface area (Å²) in [6, 6.07) is 10.0. The number of hydrogen-bond acceptors (Lipinski definition) is 2. The van der Waals surface area contributed by atoms with Gasteiger partial charge in [0, 0.05) is 11.0 Å². The smallest absolute Gasteiger partial charge is 0.0987 e. The van der Waals surface area contributed by atoms with Gasteiger partial charge in [0.1, 0.15) is 0 Å². The third kappa shape index (κ3) is 1.96. The lowest BCUT2D eigenvalue weighted by atomic mass is 9.90. The second kappa shape index (κ2) is 3.95. The fourth-order valence-electron chi connectivity index (χ4n) is 1.85. The second-order valence-electron chi connectivity index (χ2n) is 4.06. The van der Waals surface area contributed by atoms with Crippen molar-refractivity contribution >= 4 is 11.8 Å². The van der Waals surface area contributed by atoms with Gasteiger partial charge >= 0.3 is 0 Å². The number of aliphatic hydroxyl groups is 1. The van der Waals surface area contributed by atoms with Crippen LogP contribution in [0, 0.1) is 0 Å². The van der Waals surface area contributed by atoms with Crippen molar-refractivity contribution in [3.05, 3.63) is 35.9 Å². The third-order valence-corrected chi connectivity index (χ3v) is 4.33. The Bertz CT molecular complexity index is 288. The first-order valence-electron chi connectivity index (χ1n) is 5.10. The topological polar surface area (TPSA) is 20.2 Å². The monoisotopic (exact) mass is 208 g/mol. The van der Waals surface area contributed by atoms with Crippen molar-refractivity contribution in [2.24, 2.45) is 0 Å². The maximum atomic E-state index is 10.4. The van der Waals surface area contributed by atoms with Gasteiger partial charge in [-0.2, -0.15) is 11.8 Å². The van der Waals surface area contributed by atoms with Gasteiger partial charge in [0.05, 0.1) is 5.60 Å². The maximum Gasteiger partial charge on any atom is 0.0987 e. The molecular formula is C12H16OS. The Kier molecular flexibility index (Phi) is 2.84. The van der Waals surface area contributed by atoms with Crippen LogP contribution in [0.25, 0.3) is 0 Å². The molecular weight excluding hydrogens is 192 g/mol. The Balaban J connectivity index is 2.17. The van der Waals surface area contributed by atoms with Crippen molar-refractivity contribution in [2.75, 3.05) is 5.75 Å². The first kappa shape index (κ1) is 10.1. The first-order valence-corrected chi connectivity index (χ1v) is 6.15. The van der Waals surface area contributed by atoms with Crippen molar-refractivity contribution in [3.63, 3.8) is 0 Å². The van der Waals surface area contributed by atoms with Gasteiger partial charge in [-0.3, -0.25) is 0 Å². The van der Waals surface area contributed by atoms with Gasteiger partial charge in [-0.05, 0) is 18.4 Å². The Morgan fingerprint density at radius 2 is 2.07 bits per heavy atom. The van der Waals surface area contributed by atoms with Crippen LogP contribution in [0.3, 0.4) is 0 Å². The molecule has 1 fully saturated rings. The van der Waals surface area contributed by atoms with Crippen LogP contribution in [-0.4, -0.2) is 16.1 Å². The van der Waals surface area contributed by atoms with Crippen molar-refractivity contribution < 1.29 is 5.11 Å². The number of thioether (sulfide) groups is 1. The van der Waals surface area contributed by atoms with Crippen LogP contribution >= 0.6 is 11.8 Å². The summed E-state index contributed by atoms with van der Waals surface area (Å²) in [6.07, 6.45) is 2.00. The van der Waals surface area contributed by atoms with E-state index in [-0.39, 0.29) is 0 Å². The lowest BCUT2D eigenvalue weighted by Crippen LogP contribution is -2.33. The first-order chi connectivity index (χ1) is 6.71. The molecule has 1 aliphatic heterocycles. The minimum atomic E-state index is -0.585. The van der Waals surface area contributed by atoms with Gasteiger partial charge in [0.2, 0.25) is 0 Å². The van der Waals surface area contributed by atoms with Gasteiger partial charge in [-0.1, -0.05) is 37.3 Å². The molecule has 0 bridgehead atoms. The van der Waals surface area contributed by atoms with E-state index in [1.165, 1.54) is 0 Å². The predicted octanol–water partition coefficient (Wildman–Crippen LogP) is 2.79. The largest absolute Gasteiger partial charge is 0.384 e. The zero-order valence-corrected chi connectivity index (χ0v) is 9.26. The van der Waals surface area contributed by atoms with E-state index in [9.17, 15) is 5.11 Å². The average molecular weight is 208 g/mol. The molecule has 2 unspecified atom stereocenters. The molecule has 1 N–H and O–H groups in total. The van der Waals surface area contributed by atoms with E-state index >= 15 is 0 Å². The van der Waals surface area contributed by atoms with E-state index in [1.54, 1.807) is 0 Å². The van der Waals surface area contributed by atoms with E-state index in [4.69, 9.17) is 0 Å². The molecule has 1 aromatic carbocycles. The van der Waals surface area contributed by atoms with Crippen LogP contribution in [0.2, 0.25) is 0 Å². The van der Waals surface area contributed by atoms with Crippen molar-refractivity contribution in [2.45, 2.75) is 30.6 Å². The lowest BCUT2D eigenvalue weighted by Gasteiger charge is -2.34. The van der Waals surface area contributed by atoms with Gasteiger partial charge in [-0.15, -0.1) is 0 Å². The van der Waals surface area contributed by atoms with Crippen molar-refractivity contribution in [1.29, 1.82) is 0 Å². The molecule has 0 radical (unpaired) electrons. The molecule has 0 spiro atoms. The molecule has 0 amide bonds. The van der Waals surface area contributed by atoms with Gasteiger partial charge in [0.25, 0.3) is 0 Å². The standard InChI is InChI=1S/C12H16OS/c1-10-7-8-12(13,9-14-10)11-5-3-2-4-6-11/h2-6,10,13H,7-9H2,1H3. The minimum absolute atomic E-state index is 0.585. The summed E-state index contributed by atoms with van der Waals surface area (Å²) >= 11 is 1.87. The van der Waals surface area contributed by atoms with Crippen LogP contribution in [0.15, 0.2) is 30.3 Å². The summed E-state index contributed by atoms with van der Waals surface area (Å²) in [7, 11) is 0. The highest BCUT2D eigenvalue weighted by Gasteiger charge is 2.33. The zero-order chi connectivity index (χ0) is 10.0. The number of hydrogen-bond donors (Lipinski definition) is 1. The highest BCUT2D eigenvalue weighted by molar-refractivity contribution is 7.99. The molecule has 14 heavy (non-hydrogen) atoms. The molecule has 76 valence electrons. The molecule has 0 aromatic heterocycles. The molecule has 1 saturated heterocycles. The zero-order valence-electron chi connectivity index (χ0n) is 8.44. The van der Waals surface area contributed by atoms with Crippen LogP contribution < -0.4 is 0 Å². The molecule has 0 aliphatic carbocycles. The van der Waals surface area contributed by atoms with E-state index in [0.717, 1.165) is 24.2 Å². The quantitative estimate of drug-likeness (QED) is 0.766. The van der Waals surface area contributed by atoms with E-state index in [2.05, 4.69) is 6.92 Å². The van der Waals surface area contributed by atoms with Gasteiger partial charge in [0.15, 0.2) is 0 Å². The summed E-state index contributed by atoms with van der Waals surface area (Å²) in [5, 5.41) is 11.1. The van der Waals surface area contributed by atoms with Crippen LogP contribution in [0.1, 0.15) is 25.3 Å². The molecule has 1 nitrogen and oxygen atoms in total. The van der Waals surface area contributed by atoms with Gasteiger partial charge < -0.3 is 5.11 Å². The van der Waals surface area contributed by atoms with Gasteiger partial charge in [-0.25, -0.2) is 0 Å². The summed E-state index contributed by atoms with van der Waals surface area (Å²) in [5.74, 6) is 0.832. The Hall–Kier alpha value is -0.470. The summed E-state index contributed by atoms with van der Waals surface area (Å²) < 4.78 is 0. The normalized spacial score (nSPS) is 32.9. The molecule has 2 atom stereocenters. The highest BCUT2D eigenvalue weighted by atomic mass is 32.2. The van der Waals surface area contributed by atoms with Crippen LogP contribution in [0.4, 0.5) is 0 Å². The fraction of sp³-hybridized carbons (Fsp3) is 0.500. The average Bonchev–Trinajstić information content (AvgIpc) is 2.24. The van der Waals surface area contributed by atoms with Crippen LogP contribution in [0.5, 0.6) is 0 Å². The highest BCUT2D eigenvalue weighted by Crippen LogP contribution is 2.38. The minimum Gasteiger partial charge on any atom is -0.384 e. The summed E-state index contributed by atoms with van der Waals surface area (Å²) in [6.45, 7) is 2.23.